The predicted molar refractivity (Wildman–Crippen MR) is 66.9 cm³/mol. The zero-order valence-corrected chi connectivity index (χ0v) is 9.29. The van der Waals surface area contributed by atoms with Gasteiger partial charge in [-0.3, -0.25) is 5.10 Å². The zero-order valence-electron chi connectivity index (χ0n) is 9.29. The number of oxazole rings is 1. The third kappa shape index (κ3) is 1.31. The van der Waals surface area contributed by atoms with E-state index in [9.17, 15) is 0 Å². The summed E-state index contributed by atoms with van der Waals surface area (Å²) >= 11 is 0. The van der Waals surface area contributed by atoms with Gasteiger partial charge in [0.25, 0.3) is 0 Å². The number of aromatic nitrogens is 4. The summed E-state index contributed by atoms with van der Waals surface area (Å²) in [4.78, 5) is 8.84. The molecule has 0 atom stereocenters. The van der Waals surface area contributed by atoms with E-state index in [2.05, 4.69) is 20.2 Å². The first-order valence-electron chi connectivity index (χ1n) is 5.56. The molecule has 5 heteroatoms. The molecule has 0 spiro atoms. The molecule has 0 fully saturated rings. The van der Waals surface area contributed by atoms with Crippen LogP contribution in [0, 0.1) is 0 Å². The van der Waals surface area contributed by atoms with E-state index in [0.29, 0.717) is 11.6 Å². The number of benzene rings is 1. The fourth-order valence-corrected chi connectivity index (χ4v) is 1.93. The van der Waals surface area contributed by atoms with E-state index in [-0.39, 0.29) is 0 Å². The van der Waals surface area contributed by atoms with Gasteiger partial charge in [-0.15, -0.1) is 0 Å². The largest absolute Gasteiger partial charge is 0.435 e. The van der Waals surface area contributed by atoms with Crippen molar-refractivity contribution in [1.29, 1.82) is 0 Å². The van der Waals surface area contributed by atoms with Crippen LogP contribution in [0.4, 0.5) is 0 Å². The molecule has 5 nitrogen and oxygen atoms in total. The first-order valence-corrected chi connectivity index (χ1v) is 5.56. The van der Waals surface area contributed by atoms with Gasteiger partial charge < -0.3 is 4.42 Å². The van der Waals surface area contributed by atoms with E-state index >= 15 is 0 Å². The van der Waals surface area contributed by atoms with Crippen molar-refractivity contribution in [2.45, 2.75) is 0 Å². The summed E-state index contributed by atoms with van der Waals surface area (Å²) in [7, 11) is 0. The van der Waals surface area contributed by atoms with Crippen LogP contribution in [0.2, 0.25) is 0 Å². The number of para-hydroxylation sites is 2. The maximum absolute atomic E-state index is 5.67. The molecule has 0 aliphatic heterocycles. The Hall–Kier alpha value is -2.69. The lowest BCUT2D eigenvalue weighted by Gasteiger charge is -1.93. The highest BCUT2D eigenvalue weighted by atomic mass is 16.3. The highest BCUT2D eigenvalue weighted by molar-refractivity contribution is 5.79. The number of nitrogens with zero attached hydrogens (tertiary/aromatic N) is 3. The Morgan fingerprint density at radius 1 is 1.00 bits per heavy atom. The molecule has 4 rings (SSSR count). The van der Waals surface area contributed by atoms with Crippen LogP contribution in [0.25, 0.3) is 33.7 Å². The Morgan fingerprint density at radius 2 is 1.94 bits per heavy atom. The summed E-state index contributed by atoms with van der Waals surface area (Å²) in [5.41, 5.74) is 3.02. The van der Waals surface area contributed by atoms with Crippen LogP contribution in [-0.4, -0.2) is 20.2 Å². The van der Waals surface area contributed by atoms with Crippen LogP contribution in [-0.2, 0) is 0 Å². The normalized spacial score (nSPS) is 11.3. The fraction of sp³-hybridized carbons (Fsp3) is 0. The average Bonchev–Trinajstić information content (AvgIpc) is 3.04. The highest BCUT2D eigenvalue weighted by Crippen LogP contribution is 2.23. The number of hydrogen-bond donors (Lipinski definition) is 1. The molecule has 0 unspecified atom stereocenters. The molecular weight excluding hydrogens is 228 g/mol. The smallest absolute Gasteiger partial charge is 0.246 e. The minimum Gasteiger partial charge on any atom is -0.435 e. The van der Waals surface area contributed by atoms with Crippen molar-refractivity contribution in [3.8, 4) is 11.6 Å². The fourth-order valence-electron chi connectivity index (χ4n) is 1.93. The number of nitrogens with one attached hydrogen (secondary N) is 1. The number of fused-ring (bicyclic) bond motifs is 2. The van der Waals surface area contributed by atoms with Crippen molar-refractivity contribution in [1.82, 2.24) is 20.2 Å². The van der Waals surface area contributed by atoms with Crippen LogP contribution in [0.3, 0.4) is 0 Å². The third-order valence-corrected chi connectivity index (χ3v) is 2.81. The van der Waals surface area contributed by atoms with Gasteiger partial charge >= 0.3 is 0 Å². The van der Waals surface area contributed by atoms with Crippen LogP contribution in [0.15, 0.2) is 47.0 Å². The molecule has 18 heavy (non-hydrogen) atoms. The van der Waals surface area contributed by atoms with Gasteiger partial charge in [0.2, 0.25) is 5.89 Å². The SMILES string of the molecule is c1ccc2oc(-c3ccc4cn[nH]c4n3)nc2c1. The van der Waals surface area contributed by atoms with Crippen molar-refractivity contribution in [3.63, 3.8) is 0 Å². The quantitative estimate of drug-likeness (QED) is 0.551. The van der Waals surface area contributed by atoms with Crippen LogP contribution in [0.1, 0.15) is 0 Å². The molecule has 86 valence electrons. The molecular formula is C13H8N4O. The second-order valence-electron chi connectivity index (χ2n) is 3.99. The molecule has 1 N–H and O–H groups in total. The van der Waals surface area contributed by atoms with Crippen molar-refractivity contribution in [2.24, 2.45) is 0 Å². The summed E-state index contributed by atoms with van der Waals surface area (Å²) in [6.45, 7) is 0. The Balaban J connectivity index is 1.94. The second-order valence-corrected chi connectivity index (χ2v) is 3.99. The number of rotatable bonds is 1. The number of hydrogen-bond acceptors (Lipinski definition) is 4. The Morgan fingerprint density at radius 3 is 2.89 bits per heavy atom. The maximum Gasteiger partial charge on any atom is 0.246 e. The second kappa shape index (κ2) is 3.40. The van der Waals surface area contributed by atoms with Crippen LogP contribution in [0.5, 0.6) is 0 Å². The first kappa shape index (κ1) is 9.35. The van der Waals surface area contributed by atoms with E-state index in [1.54, 1.807) is 6.20 Å². The van der Waals surface area contributed by atoms with Gasteiger partial charge in [-0.2, -0.15) is 5.10 Å². The number of aromatic amines is 1. The van der Waals surface area contributed by atoms with Gasteiger partial charge in [0.05, 0.1) is 6.20 Å². The summed E-state index contributed by atoms with van der Waals surface area (Å²) in [5, 5.41) is 7.74. The maximum atomic E-state index is 5.67. The Kier molecular flexibility index (Phi) is 1.77. The van der Waals surface area contributed by atoms with E-state index in [4.69, 9.17) is 4.42 Å². The highest BCUT2D eigenvalue weighted by Gasteiger charge is 2.09. The average molecular weight is 236 g/mol. The molecule has 0 saturated heterocycles. The molecule has 3 aromatic heterocycles. The van der Waals surface area contributed by atoms with Crippen LogP contribution >= 0.6 is 0 Å². The van der Waals surface area contributed by atoms with Gasteiger partial charge in [-0.25, -0.2) is 9.97 Å². The summed E-state index contributed by atoms with van der Waals surface area (Å²) in [5.74, 6) is 0.521. The lowest BCUT2D eigenvalue weighted by molar-refractivity contribution is 0.617. The topological polar surface area (TPSA) is 67.6 Å². The predicted octanol–water partition coefficient (Wildman–Crippen LogP) is 2.77. The minimum atomic E-state index is 0.521. The zero-order chi connectivity index (χ0) is 11.9. The molecule has 0 bridgehead atoms. The number of pyridine rings is 1. The van der Waals surface area contributed by atoms with Gasteiger partial charge in [0.1, 0.15) is 11.2 Å². The lowest BCUT2D eigenvalue weighted by atomic mass is 10.3. The molecule has 0 aliphatic carbocycles. The molecule has 4 aromatic rings. The molecule has 0 aliphatic rings. The van der Waals surface area contributed by atoms with Crippen molar-refractivity contribution >= 4 is 22.1 Å². The minimum absolute atomic E-state index is 0.521. The summed E-state index contributed by atoms with van der Waals surface area (Å²) in [6.07, 6.45) is 1.73. The van der Waals surface area contributed by atoms with Crippen molar-refractivity contribution in [3.05, 3.63) is 42.6 Å². The molecule has 3 heterocycles. The summed E-state index contributed by atoms with van der Waals surface area (Å²) < 4.78 is 5.67. The lowest BCUT2D eigenvalue weighted by Crippen LogP contribution is -1.84. The van der Waals surface area contributed by atoms with Gasteiger partial charge in [-0.1, -0.05) is 12.1 Å². The van der Waals surface area contributed by atoms with Gasteiger partial charge in [0, 0.05) is 5.39 Å². The third-order valence-electron chi connectivity index (χ3n) is 2.81. The number of H-pyrrole nitrogens is 1. The molecule has 0 amide bonds. The van der Waals surface area contributed by atoms with Gasteiger partial charge in [0.15, 0.2) is 11.2 Å². The first-order chi connectivity index (χ1) is 8.90. The van der Waals surface area contributed by atoms with E-state index < -0.39 is 0 Å². The molecule has 1 aromatic carbocycles. The van der Waals surface area contributed by atoms with Crippen LogP contribution < -0.4 is 0 Å². The van der Waals surface area contributed by atoms with Crippen molar-refractivity contribution < 1.29 is 4.42 Å². The van der Waals surface area contributed by atoms with E-state index in [1.807, 2.05) is 36.4 Å². The Bertz CT molecular complexity index is 813. The van der Waals surface area contributed by atoms with E-state index in [1.165, 1.54) is 0 Å². The summed E-state index contributed by atoms with van der Waals surface area (Å²) in [6, 6.07) is 11.5. The molecule has 0 saturated carbocycles. The standard InChI is InChI=1S/C13H8N4O/c1-2-4-11-9(3-1)16-13(18-11)10-6-5-8-7-14-17-12(8)15-10/h1-7H,(H,14,15,17). The van der Waals surface area contributed by atoms with E-state index in [0.717, 1.165) is 22.1 Å². The Labute approximate surface area is 101 Å². The van der Waals surface area contributed by atoms with Gasteiger partial charge in [-0.05, 0) is 24.3 Å². The monoisotopic (exact) mass is 236 g/mol. The van der Waals surface area contributed by atoms with Crippen molar-refractivity contribution in [2.75, 3.05) is 0 Å². The molecule has 0 radical (unpaired) electrons.